The average Bonchev–Trinajstić information content (AvgIpc) is 2.57. The van der Waals surface area contributed by atoms with Crippen molar-refractivity contribution in [1.82, 2.24) is 5.32 Å². The third-order valence-electron chi connectivity index (χ3n) is 3.67. The number of carbonyl (C=O) groups excluding carboxylic acids is 1. The van der Waals surface area contributed by atoms with E-state index in [-0.39, 0.29) is 11.0 Å². The maximum atomic E-state index is 12.3. The predicted octanol–water partition coefficient (Wildman–Crippen LogP) is 3.20. The van der Waals surface area contributed by atoms with Gasteiger partial charge in [0, 0.05) is 11.3 Å². The summed E-state index contributed by atoms with van der Waals surface area (Å²) in [4.78, 5) is 12.3. The van der Waals surface area contributed by atoms with Crippen LogP contribution in [0.3, 0.4) is 0 Å². The van der Waals surface area contributed by atoms with Crippen LogP contribution in [0.5, 0.6) is 11.5 Å². The highest BCUT2D eigenvalue weighted by molar-refractivity contribution is 7.80. The van der Waals surface area contributed by atoms with Crippen LogP contribution in [-0.2, 0) is 0 Å². The Bertz CT molecular complexity index is 805. The monoisotopic (exact) mass is 342 g/mol. The molecule has 0 aliphatic carbocycles. The molecule has 0 fully saturated rings. The molecule has 24 heavy (non-hydrogen) atoms. The lowest BCUT2D eigenvalue weighted by atomic mass is 10.1. The summed E-state index contributed by atoms with van der Waals surface area (Å²) in [6, 6.07) is 11.1. The van der Waals surface area contributed by atoms with Gasteiger partial charge in [0.15, 0.2) is 16.6 Å². The number of fused-ring (bicyclic) bond motifs is 1. The fourth-order valence-corrected chi connectivity index (χ4v) is 2.59. The molecule has 0 atom stereocenters. The van der Waals surface area contributed by atoms with Gasteiger partial charge in [-0.1, -0.05) is 12.1 Å². The highest BCUT2D eigenvalue weighted by Gasteiger charge is 2.15. The van der Waals surface area contributed by atoms with Crippen LogP contribution in [0, 0.1) is 13.8 Å². The Morgan fingerprint density at radius 3 is 2.58 bits per heavy atom. The smallest absolute Gasteiger partial charge is 0.257 e. The van der Waals surface area contributed by atoms with E-state index in [0.717, 1.165) is 16.8 Å². The van der Waals surface area contributed by atoms with Crippen LogP contribution in [-0.4, -0.2) is 24.2 Å². The molecular formula is C18H18N2O3S. The van der Waals surface area contributed by atoms with Gasteiger partial charge in [-0.2, -0.15) is 0 Å². The number of rotatable bonds is 2. The maximum absolute atomic E-state index is 12.3. The van der Waals surface area contributed by atoms with E-state index in [1.54, 1.807) is 18.2 Å². The van der Waals surface area contributed by atoms with Crippen molar-refractivity contribution >= 4 is 28.9 Å². The van der Waals surface area contributed by atoms with Crippen LogP contribution in [0.25, 0.3) is 0 Å². The molecule has 3 rings (SSSR count). The second kappa shape index (κ2) is 6.88. The summed E-state index contributed by atoms with van der Waals surface area (Å²) in [6.45, 7) is 4.97. The predicted molar refractivity (Wildman–Crippen MR) is 97.0 cm³/mol. The molecule has 0 radical (unpaired) electrons. The van der Waals surface area contributed by atoms with E-state index in [1.165, 1.54) is 0 Å². The Kier molecular flexibility index (Phi) is 4.66. The summed E-state index contributed by atoms with van der Waals surface area (Å²) < 4.78 is 10.9. The molecule has 5 nitrogen and oxygen atoms in total. The van der Waals surface area contributed by atoms with Crippen molar-refractivity contribution in [2.75, 3.05) is 18.5 Å². The average molecular weight is 342 g/mol. The first-order valence-corrected chi connectivity index (χ1v) is 8.03. The van der Waals surface area contributed by atoms with Gasteiger partial charge in [-0.25, -0.2) is 0 Å². The first-order chi connectivity index (χ1) is 11.5. The number of ether oxygens (including phenoxy) is 2. The summed E-state index contributed by atoms with van der Waals surface area (Å²) >= 11 is 5.24. The largest absolute Gasteiger partial charge is 0.486 e. The van der Waals surface area contributed by atoms with Crippen LogP contribution in [0.4, 0.5) is 5.69 Å². The van der Waals surface area contributed by atoms with Crippen LogP contribution >= 0.6 is 12.2 Å². The van der Waals surface area contributed by atoms with E-state index in [0.29, 0.717) is 30.3 Å². The molecule has 2 N–H and O–H groups in total. The van der Waals surface area contributed by atoms with E-state index in [2.05, 4.69) is 10.6 Å². The summed E-state index contributed by atoms with van der Waals surface area (Å²) in [5.74, 6) is 0.922. The highest BCUT2D eigenvalue weighted by atomic mass is 32.1. The first-order valence-electron chi connectivity index (χ1n) is 7.62. The lowest BCUT2D eigenvalue weighted by Gasteiger charge is -2.19. The van der Waals surface area contributed by atoms with Crippen molar-refractivity contribution in [2.24, 2.45) is 0 Å². The zero-order valence-corrected chi connectivity index (χ0v) is 14.3. The van der Waals surface area contributed by atoms with Gasteiger partial charge in [-0.05, 0) is 61.5 Å². The van der Waals surface area contributed by atoms with E-state index >= 15 is 0 Å². The van der Waals surface area contributed by atoms with Crippen molar-refractivity contribution in [3.05, 3.63) is 53.1 Å². The van der Waals surface area contributed by atoms with Crippen molar-refractivity contribution < 1.29 is 14.3 Å². The molecule has 0 unspecified atom stereocenters. The molecule has 124 valence electrons. The van der Waals surface area contributed by atoms with Gasteiger partial charge >= 0.3 is 0 Å². The van der Waals surface area contributed by atoms with E-state index in [1.807, 2.05) is 32.0 Å². The van der Waals surface area contributed by atoms with Crippen molar-refractivity contribution in [3.63, 3.8) is 0 Å². The molecule has 0 bridgehead atoms. The van der Waals surface area contributed by atoms with Crippen LogP contribution in [0.1, 0.15) is 21.5 Å². The molecule has 0 saturated heterocycles. The molecule has 1 aliphatic rings. The fraction of sp³-hybridized carbons (Fsp3) is 0.222. The lowest BCUT2D eigenvalue weighted by Crippen LogP contribution is -2.34. The van der Waals surface area contributed by atoms with Gasteiger partial charge in [0.2, 0.25) is 0 Å². The number of thiocarbonyl (C=S) groups is 1. The highest BCUT2D eigenvalue weighted by Crippen LogP contribution is 2.30. The Hall–Kier alpha value is -2.60. The van der Waals surface area contributed by atoms with Crippen molar-refractivity contribution in [2.45, 2.75) is 13.8 Å². The third kappa shape index (κ3) is 3.65. The Labute approximate surface area is 146 Å². The van der Waals surface area contributed by atoms with Crippen LogP contribution < -0.4 is 20.1 Å². The minimum Gasteiger partial charge on any atom is -0.486 e. The minimum atomic E-state index is -0.297. The summed E-state index contributed by atoms with van der Waals surface area (Å²) in [7, 11) is 0. The van der Waals surface area contributed by atoms with E-state index in [9.17, 15) is 4.79 Å². The number of carbonyl (C=O) groups is 1. The molecule has 0 aromatic heterocycles. The summed E-state index contributed by atoms with van der Waals surface area (Å²) in [5, 5.41) is 5.99. The molecule has 0 spiro atoms. The number of hydrogen-bond donors (Lipinski definition) is 2. The topological polar surface area (TPSA) is 59.6 Å². The number of nitrogens with one attached hydrogen (secondary N) is 2. The zero-order valence-electron chi connectivity index (χ0n) is 13.5. The van der Waals surface area contributed by atoms with Crippen molar-refractivity contribution in [1.29, 1.82) is 0 Å². The molecule has 2 aromatic rings. The molecule has 1 heterocycles. The van der Waals surface area contributed by atoms with Crippen LogP contribution in [0.2, 0.25) is 0 Å². The minimum absolute atomic E-state index is 0.253. The number of benzene rings is 2. The second-order valence-electron chi connectivity index (χ2n) is 5.59. The Balaban J connectivity index is 1.68. The maximum Gasteiger partial charge on any atom is 0.257 e. The van der Waals surface area contributed by atoms with Gasteiger partial charge < -0.3 is 14.8 Å². The standard InChI is InChI=1S/C18H18N2O3S/c1-11-3-4-12(2)14(9-11)19-18(24)20-17(21)13-5-6-15-16(10-13)23-8-7-22-15/h3-6,9-10H,7-8H2,1-2H3,(H2,19,20,21,24). The molecule has 1 amide bonds. The first kappa shape index (κ1) is 16.3. The second-order valence-corrected chi connectivity index (χ2v) is 5.99. The SMILES string of the molecule is Cc1ccc(C)c(NC(=S)NC(=O)c2ccc3c(c2)OCCO3)c1. The molecule has 2 aromatic carbocycles. The summed E-state index contributed by atoms with van der Waals surface area (Å²) in [6.07, 6.45) is 0. The van der Waals surface area contributed by atoms with Gasteiger partial charge in [0.05, 0.1) is 0 Å². The fourth-order valence-electron chi connectivity index (χ4n) is 2.38. The number of hydrogen-bond acceptors (Lipinski definition) is 4. The number of aryl methyl sites for hydroxylation is 2. The normalized spacial score (nSPS) is 12.4. The lowest BCUT2D eigenvalue weighted by molar-refractivity contribution is 0.0976. The quantitative estimate of drug-likeness (QED) is 0.821. The summed E-state index contributed by atoms with van der Waals surface area (Å²) in [5.41, 5.74) is 3.51. The Morgan fingerprint density at radius 2 is 1.79 bits per heavy atom. The molecule has 0 saturated carbocycles. The zero-order chi connectivity index (χ0) is 17.1. The molecular weight excluding hydrogens is 324 g/mol. The van der Waals surface area contributed by atoms with Gasteiger partial charge in [-0.15, -0.1) is 0 Å². The van der Waals surface area contributed by atoms with Gasteiger partial charge in [0.25, 0.3) is 5.91 Å². The third-order valence-corrected chi connectivity index (χ3v) is 3.88. The van der Waals surface area contributed by atoms with Crippen LogP contribution in [0.15, 0.2) is 36.4 Å². The molecule has 1 aliphatic heterocycles. The number of anilines is 1. The van der Waals surface area contributed by atoms with Gasteiger partial charge in [0.1, 0.15) is 13.2 Å². The van der Waals surface area contributed by atoms with Gasteiger partial charge in [-0.3, -0.25) is 10.1 Å². The Morgan fingerprint density at radius 1 is 1.04 bits per heavy atom. The van der Waals surface area contributed by atoms with E-state index in [4.69, 9.17) is 21.7 Å². The molecule has 6 heteroatoms. The number of amides is 1. The van der Waals surface area contributed by atoms with E-state index < -0.39 is 0 Å². The van der Waals surface area contributed by atoms with Crippen molar-refractivity contribution in [3.8, 4) is 11.5 Å².